The van der Waals surface area contributed by atoms with Crippen LogP contribution in [0.25, 0.3) is 0 Å². The predicted octanol–water partition coefficient (Wildman–Crippen LogP) is 2.56. The molecule has 1 aromatic rings. The predicted molar refractivity (Wildman–Crippen MR) is 80.5 cm³/mol. The van der Waals surface area contributed by atoms with Crippen LogP contribution in [0.4, 0.5) is 4.79 Å². The van der Waals surface area contributed by atoms with Gasteiger partial charge in [0.15, 0.2) is 0 Å². The summed E-state index contributed by atoms with van der Waals surface area (Å²) >= 11 is 0. The van der Waals surface area contributed by atoms with E-state index in [2.05, 4.69) is 17.6 Å². The Morgan fingerprint density at radius 1 is 1.33 bits per heavy atom. The normalized spacial score (nSPS) is 15.9. The molecule has 2 amide bonds. The number of rotatable bonds is 6. The fourth-order valence-corrected chi connectivity index (χ4v) is 2.64. The van der Waals surface area contributed by atoms with Crippen LogP contribution in [0.2, 0.25) is 0 Å². The number of carbonyl (C=O) groups excluding carboxylic acids is 1. The van der Waals surface area contributed by atoms with Gasteiger partial charge in [0, 0.05) is 12.1 Å². The van der Waals surface area contributed by atoms with E-state index in [1.165, 1.54) is 6.42 Å². The molecule has 0 radical (unpaired) electrons. The minimum atomic E-state index is -0.933. The van der Waals surface area contributed by atoms with Gasteiger partial charge in [0.25, 0.3) is 0 Å². The zero-order valence-electron chi connectivity index (χ0n) is 12.3. The monoisotopic (exact) mass is 290 g/mol. The molecule has 1 aliphatic carbocycles. The molecule has 0 bridgehead atoms. The lowest BCUT2D eigenvalue weighted by atomic mass is 9.75. The van der Waals surface area contributed by atoms with Crippen molar-refractivity contribution in [1.29, 1.82) is 0 Å². The van der Waals surface area contributed by atoms with Gasteiger partial charge in [-0.15, -0.1) is 0 Å². The first-order valence-electron chi connectivity index (χ1n) is 7.43. The molecule has 5 heteroatoms. The Labute approximate surface area is 124 Å². The molecule has 1 aromatic carbocycles. The fraction of sp³-hybridized carbons (Fsp3) is 0.500. The van der Waals surface area contributed by atoms with Gasteiger partial charge < -0.3 is 15.7 Å². The van der Waals surface area contributed by atoms with E-state index in [9.17, 15) is 9.59 Å². The summed E-state index contributed by atoms with van der Waals surface area (Å²) in [5.41, 5.74) is 1.17. The minimum absolute atomic E-state index is 0.00664. The lowest BCUT2D eigenvalue weighted by molar-refractivity contribution is 0.0696. The first-order chi connectivity index (χ1) is 10.0. The Kier molecular flexibility index (Phi) is 4.83. The van der Waals surface area contributed by atoms with E-state index in [4.69, 9.17) is 5.11 Å². The van der Waals surface area contributed by atoms with Gasteiger partial charge in [0.1, 0.15) is 0 Å². The highest BCUT2D eigenvalue weighted by molar-refractivity contribution is 5.87. The molecule has 5 nitrogen and oxygen atoms in total. The van der Waals surface area contributed by atoms with Gasteiger partial charge in [-0.2, -0.15) is 0 Å². The maximum Gasteiger partial charge on any atom is 0.335 e. The van der Waals surface area contributed by atoms with E-state index < -0.39 is 5.97 Å². The van der Waals surface area contributed by atoms with Gasteiger partial charge in [-0.25, -0.2) is 9.59 Å². The summed E-state index contributed by atoms with van der Waals surface area (Å²) in [6, 6.07) is 6.66. The number of nitrogens with one attached hydrogen (secondary N) is 2. The first kappa shape index (κ1) is 15.4. The largest absolute Gasteiger partial charge is 0.478 e. The fourth-order valence-electron chi connectivity index (χ4n) is 2.64. The van der Waals surface area contributed by atoms with Gasteiger partial charge in [-0.1, -0.05) is 19.1 Å². The molecule has 0 atom stereocenters. The first-order valence-corrected chi connectivity index (χ1v) is 7.43. The molecule has 0 saturated heterocycles. The highest BCUT2D eigenvalue weighted by Gasteiger charge is 2.36. The number of aromatic carboxylic acids is 1. The third-order valence-electron chi connectivity index (χ3n) is 4.24. The molecule has 3 N–H and O–H groups in total. The minimum Gasteiger partial charge on any atom is -0.478 e. The van der Waals surface area contributed by atoms with Crippen LogP contribution in [0.3, 0.4) is 0 Å². The summed E-state index contributed by atoms with van der Waals surface area (Å²) < 4.78 is 0. The van der Waals surface area contributed by atoms with Crippen molar-refractivity contribution in [2.24, 2.45) is 0 Å². The van der Waals surface area contributed by atoms with Gasteiger partial charge in [0.05, 0.1) is 5.56 Å². The van der Waals surface area contributed by atoms with Gasteiger partial charge in [-0.05, 0) is 49.8 Å². The van der Waals surface area contributed by atoms with E-state index in [1.54, 1.807) is 18.2 Å². The number of carbonyl (C=O) groups is 2. The van der Waals surface area contributed by atoms with Crippen LogP contribution < -0.4 is 10.6 Å². The number of hydrogen-bond acceptors (Lipinski definition) is 2. The Morgan fingerprint density at radius 2 is 2.10 bits per heavy atom. The van der Waals surface area contributed by atoms with Crippen LogP contribution in [-0.2, 0) is 6.42 Å². The van der Waals surface area contributed by atoms with Crippen molar-refractivity contribution in [1.82, 2.24) is 10.6 Å². The zero-order valence-corrected chi connectivity index (χ0v) is 12.3. The molecule has 0 heterocycles. The second kappa shape index (κ2) is 6.61. The maximum atomic E-state index is 11.9. The highest BCUT2D eigenvalue weighted by atomic mass is 16.4. The van der Waals surface area contributed by atoms with E-state index in [0.717, 1.165) is 24.8 Å². The van der Waals surface area contributed by atoms with E-state index in [0.29, 0.717) is 13.0 Å². The summed E-state index contributed by atoms with van der Waals surface area (Å²) in [5.74, 6) is -0.933. The summed E-state index contributed by atoms with van der Waals surface area (Å²) in [5, 5.41) is 14.8. The van der Waals surface area contributed by atoms with Crippen LogP contribution in [0.1, 0.15) is 48.5 Å². The smallest absolute Gasteiger partial charge is 0.335 e. The van der Waals surface area contributed by atoms with E-state index >= 15 is 0 Å². The van der Waals surface area contributed by atoms with Crippen molar-refractivity contribution in [3.05, 3.63) is 35.4 Å². The lowest BCUT2D eigenvalue weighted by Gasteiger charge is -2.41. The van der Waals surface area contributed by atoms with Crippen molar-refractivity contribution >= 4 is 12.0 Å². The molecule has 0 aliphatic heterocycles. The van der Waals surface area contributed by atoms with Crippen LogP contribution in [-0.4, -0.2) is 29.2 Å². The van der Waals surface area contributed by atoms with Crippen molar-refractivity contribution in [2.45, 2.75) is 44.6 Å². The van der Waals surface area contributed by atoms with Crippen molar-refractivity contribution < 1.29 is 14.7 Å². The number of urea groups is 1. The summed E-state index contributed by atoms with van der Waals surface area (Å²) in [4.78, 5) is 22.7. The Bertz CT molecular complexity index is 518. The average Bonchev–Trinajstić information content (AvgIpc) is 2.43. The van der Waals surface area contributed by atoms with Crippen LogP contribution in [0.5, 0.6) is 0 Å². The summed E-state index contributed by atoms with van der Waals surface area (Å²) in [6.45, 7) is 2.59. The topological polar surface area (TPSA) is 78.4 Å². The molecule has 0 unspecified atom stereocenters. The second-order valence-electron chi connectivity index (χ2n) is 5.62. The highest BCUT2D eigenvalue weighted by Crippen LogP contribution is 2.34. The molecular formula is C16H22N2O3. The Morgan fingerprint density at radius 3 is 2.67 bits per heavy atom. The van der Waals surface area contributed by atoms with E-state index in [1.807, 2.05) is 6.07 Å². The van der Waals surface area contributed by atoms with Crippen molar-refractivity contribution in [3.63, 3.8) is 0 Å². The second-order valence-corrected chi connectivity index (χ2v) is 5.62. The number of amides is 2. The van der Waals surface area contributed by atoms with Gasteiger partial charge >= 0.3 is 12.0 Å². The number of carboxylic acids is 1. The molecular weight excluding hydrogens is 268 g/mol. The molecule has 1 aliphatic rings. The molecule has 2 rings (SSSR count). The summed E-state index contributed by atoms with van der Waals surface area (Å²) in [7, 11) is 0. The number of hydrogen-bond donors (Lipinski definition) is 3. The number of carboxylic acid groups (broad SMARTS) is 1. The zero-order chi connectivity index (χ0) is 15.3. The Balaban J connectivity index is 1.77. The standard InChI is InChI=1S/C16H22N2O3/c1-2-16(8-4-9-16)18-15(21)17-10-7-12-5-3-6-13(11-12)14(19)20/h3,5-6,11H,2,4,7-10H2,1H3,(H,19,20)(H2,17,18,21). The molecule has 1 fully saturated rings. The molecule has 114 valence electrons. The van der Waals surface area contributed by atoms with Crippen LogP contribution >= 0.6 is 0 Å². The maximum absolute atomic E-state index is 11.9. The van der Waals surface area contributed by atoms with Crippen molar-refractivity contribution in [3.8, 4) is 0 Å². The number of benzene rings is 1. The van der Waals surface area contributed by atoms with Crippen LogP contribution in [0.15, 0.2) is 24.3 Å². The third-order valence-corrected chi connectivity index (χ3v) is 4.24. The van der Waals surface area contributed by atoms with E-state index in [-0.39, 0.29) is 17.1 Å². The molecule has 0 aromatic heterocycles. The Hall–Kier alpha value is -2.04. The summed E-state index contributed by atoms with van der Waals surface area (Å²) in [6.07, 6.45) is 4.86. The van der Waals surface area contributed by atoms with Crippen molar-refractivity contribution in [2.75, 3.05) is 6.54 Å². The molecule has 0 spiro atoms. The SMILES string of the molecule is CCC1(NC(=O)NCCc2cccc(C(=O)O)c2)CCC1. The van der Waals surface area contributed by atoms with Crippen LogP contribution in [0, 0.1) is 0 Å². The lowest BCUT2D eigenvalue weighted by Crippen LogP contribution is -2.56. The quantitative estimate of drug-likeness (QED) is 0.753. The molecule has 21 heavy (non-hydrogen) atoms. The average molecular weight is 290 g/mol. The molecule has 1 saturated carbocycles. The third kappa shape index (κ3) is 3.97. The van der Waals surface area contributed by atoms with Gasteiger partial charge in [0.2, 0.25) is 0 Å². The van der Waals surface area contributed by atoms with Gasteiger partial charge in [-0.3, -0.25) is 0 Å².